The molecule has 1 unspecified atom stereocenters. The van der Waals surface area contributed by atoms with Crippen molar-refractivity contribution in [1.82, 2.24) is 9.88 Å². The summed E-state index contributed by atoms with van der Waals surface area (Å²) in [6, 6.07) is 11.8. The van der Waals surface area contributed by atoms with Crippen LogP contribution in [0, 0.1) is 0 Å². The number of sulfone groups is 1. The van der Waals surface area contributed by atoms with Crippen molar-refractivity contribution in [1.29, 1.82) is 0 Å². The number of carbonyl (C=O) groups is 1. The molecule has 1 aromatic carbocycles. The second-order valence-electron chi connectivity index (χ2n) is 5.59. The number of nitrogens with zero attached hydrogens (tertiary/aromatic N) is 2. The molecule has 0 aliphatic carbocycles. The maximum atomic E-state index is 12.6. The summed E-state index contributed by atoms with van der Waals surface area (Å²) in [6.07, 6.45) is 3.59. The van der Waals surface area contributed by atoms with Crippen LogP contribution in [0.2, 0.25) is 0 Å². The highest BCUT2D eigenvalue weighted by Gasteiger charge is 2.36. The molecule has 1 fully saturated rings. The molecule has 3 rings (SSSR count). The number of rotatable bonds is 5. The molecule has 1 aromatic heterocycles. The van der Waals surface area contributed by atoms with Crippen molar-refractivity contribution >= 4 is 15.7 Å². The Kier molecular flexibility index (Phi) is 4.80. The lowest BCUT2D eigenvalue weighted by Crippen LogP contribution is -2.35. The van der Waals surface area contributed by atoms with E-state index in [1.165, 1.54) is 6.20 Å². The Labute approximate surface area is 141 Å². The Balaban J connectivity index is 1.60. The van der Waals surface area contributed by atoms with E-state index < -0.39 is 15.1 Å². The second kappa shape index (κ2) is 7.00. The predicted molar refractivity (Wildman–Crippen MR) is 88.3 cm³/mol. The highest BCUT2D eigenvalue weighted by atomic mass is 32.2. The van der Waals surface area contributed by atoms with Crippen molar-refractivity contribution in [2.75, 3.05) is 19.7 Å². The van der Waals surface area contributed by atoms with Gasteiger partial charge in [0.1, 0.15) is 5.75 Å². The van der Waals surface area contributed by atoms with Crippen LogP contribution in [-0.4, -0.2) is 49.2 Å². The zero-order valence-electron chi connectivity index (χ0n) is 13.0. The van der Waals surface area contributed by atoms with Gasteiger partial charge in [-0.1, -0.05) is 18.2 Å². The fraction of sp³-hybridized carbons (Fsp3) is 0.294. The molecular weight excluding hydrogens is 328 g/mol. The molecule has 1 atom stereocenters. The molecule has 2 aromatic rings. The summed E-state index contributed by atoms with van der Waals surface area (Å²) in [5.74, 6) is 0.295. The lowest BCUT2D eigenvalue weighted by molar-refractivity contribution is -0.132. The Morgan fingerprint density at radius 3 is 2.71 bits per heavy atom. The molecule has 1 saturated heterocycles. The van der Waals surface area contributed by atoms with Crippen molar-refractivity contribution in [2.45, 2.75) is 16.6 Å². The maximum Gasteiger partial charge on any atom is 0.260 e. The summed E-state index contributed by atoms with van der Waals surface area (Å²) in [4.78, 5) is 18.0. The third-order valence-corrected chi connectivity index (χ3v) is 6.20. The molecule has 1 amide bonds. The van der Waals surface area contributed by atoms with Crippen LogP contribution in [0.4, 0.5) is 0 Å². The zero-order chi connectivity index (χ0) is 17.0. The summed E-state index contributed by atoms with van der Waals surface area (Å²) >= 11 is 0. The Morgan fingerprint density at radius 2 is 2.00 bits per heavy atom. The summed E-state index contributed by atoms with van der Waals surface area (Å²) < 4.78 is 30.6. The number of aromatic nitrogens is 1. The molecule has 7 heteroatoms. The predicted octanol–water partition coefficient (Wildman–Crippen LogP) is 1.54. The average Bonchev–Trinajstić information content (AvgIpc) is 3.12. The van der Waals surface area contributed by atoms with Crippen LogP contribution < -0.4 is 4.74 Å². The fourth-order valence-corrected chi connectivity index (χ4v) is 4.39. The van der Waals surface area contributed by atoms with Gasteiger partial charge >= 0.3 is 0 Å². The molecule has 126 valence electrons. The van der Waals surface area contributed by atoms with Crippen molar-refractivity contribution in [3.63, 3.8) is 0 Å². The van der Waals surface area contributed by atoms with Crippen LogP contribution in [0.1, 0.15) is 6.42 Å². The maximum absolute atomic E-state index is 12.6. The first-order valence-corrected chi connectivity index (χ1v) is 9.21. The van der Waals surface area contributed by atoms with Crippen LogP contribution in [0.15, 0.2) is 59.8 Å². The van der Waals surface area contributed by atoms with Crippen LogP contribution in [-0.2, 0) is 14.6 Å². The molecule has 0 saturated carbocycles. The molecular formula is C17H18N2O4S. The van der Waals surface area contributed by atoms with E-state index in [4.69, 9.17) is 4.74 Å². The molecule has 0 radical (unpaired) electrons. The van der Waals surface area contributed by atoms with E-state index in [9.17, 15) is 13.2 Å². The van der Waals surface area contributed by atoms with Gasteiger partial charge in [-0.15, -0.1) is 0 Å². The first-order chi connectivity index (χ1) is 11.6. The number of hydrogen-bond acceptors (Lipinski definition) is 5. The average molecular weight is 346 g/mol. The van der Waals surface area contributed by atoms with Gasteiger partial charge in [-0.2, -0.15) is 0 Å². The van der Waals surface area contributed by atoms with E-state index in [1.54, 1.807) is 53.6 Å². The number of likely N-dealkylation sites (tertiary alicyclic amines) is 1. The number of carbonyl (C=O) groups excluding carboxylic acids is 1. The molecule has 1 aliphatic rings. The van der Waals surface area contributed by atoms with E-state index in [1.807, 2.05) is 0 Å². The van der Waals surface area contributed by atoms with Gasteiger partial charge in [-0.3, -0.25) is 9.78 Å². The third-order valence-electron chi connectivity index (χ3n) is 4.01. The standard InChI is InChI=1S/C17H18N2O4S/c20-17(13-23-14-5-4-9-18-11-14)19-10-8-16(12-19)24(21,22)15-6-2-1-3-7-15/h1-7,9,11,16H,8,10,12-13H2. The summed E-state index contributed by atoms with van der Waals surface area (Å²) in [5, 5.41) is -0.567. The molecule has 0 N–H and O–H groups in total. The van der Waals surface area contributed by atoms with Crippen molar-refractivity contribution < 1.29 is 17.9 Å². The number of benzene rings is 1. The molecule has 0 spiro atoms. The van der Waals surface area contributed by atoms with Gasteiger partial charge in [0, 0.05) is 19.3 Å². The number of amides is 1. The quantitative estimate of drug-likeness (QED) is 0.821. The van der Waals surface area contributed by atoms with Gasteiger partial charge in [0.05, 0.1) is 16.3 Å². The Morgan fingerprint density at radius 1 is 1.21 bits per heavy atom. The number of ether oxygens (including phenoxy) is 1. The van der Waals surface area contributed by atoms with E-state index in [-0.39, 0.29) is 19.1 Å². The van der Waals surface area contributed by atoms with Gasteiger partial charge in [0.15, 0.2) is 16.4 Å². The Bertz CT molecular complexity index is 794. The summed E-state index contributed by atoms with van der Waals surface area (Å²) in [6.45, 7) is 0.502. The van der Waals surface area contributed by atoms with Gasteiger partial charge in [0.25, 0.3) is 5.91 Å². The van der Waals surface area contributed by atoms with E-state index in [0.29, 0.717) is 23.6 Å². The van der Waals surface area contributed by atoms with E-state index >= 15 is 0 Å². The van der Waals surface area contributed by atoms with Crippen LogP contribution >= 0.6 is 0 Å². The van der Waals surface area contributed by atoms with Crippen LogP contribution in [0.5, 0.6) is 5.75 Å². The molecule has 0 bridgehead atoms. The monoisotopic (exact) mass is 346 g/mol. The lowest BCUT2D eigenvalue weighted by Gasteiger charge is -2.17. The summed E-state index contributed by atoms with van der Waals surface area (Å²) in [7, 11) is -3.42. The normalized spacial score (nSPS) is 17.7. The topological polar surface area (TPSA) is 76.6 Å². The molecule has 24 heavy (non-hydrogen) atoms. The highest BCUT2D eigenvalue weighted by molar-refractivity contribution is 7.92. The smallest absolute Gasteiger partial charge is 0.260 e. The minimum absolute atomic E-state index is 0.121. The minimum atomic E-state index is -3.42. The first-order valence-electron chi connectivity index (χ1n) is 7.67. The second-order valence-corrected chi connectivity index (χ2v) is 7.81. The van der Waals surface area contributed by atoms with Gasteiger partial charge in [-0.25, -0.2) is 8.42 Å². The largest absolute Gasteiger partial charge is 0.482 e. The summed E-state index contributed by atoms with van der Waals surface area (Å²) in [5.41, 5.74) is 0. The minimum Gasteiger partial charge on any atom is -0.482 e. The number of pyridine rings is 1. The first kappa shape index (κ1) is 16.4. The van der Waals surface area contributed by atoms with Gasteiger partial charge < -0.3 is 9.64 Å². The number of hydrogen-bond donors (Lipinski definition) is 0. The van der Waals surface area contributed by atoms with Crippen LogP contribution in [0.25, 0.3) is 0 Å². The van der Waals surface area contributed by atoms with E-state index in [2.05, 4.69) is 4.98 Å². The lowest BCUT2D eigenvalue weighted by atomic mass is 10.4. The van der Waals surface area contributed by atoms with Crippen LogP contribution in [0.3, 0.4) is 0 Å². The van der Waals surface area contributed by atoms with Gasteiger partial charge in [0.2, 0.25) is 0 Å². The Hall–Kier alpha value is -2.41. The third kappa shape index (κ3) is 3.56. The molecule has 1 aliphatic heterocycles. The van der Waals surface area contributed by atoms with Crippen molar-refractivity contribution in [3.8, 4) is 5.75 Å². The highest BCUT2D eigenvalue weighted by Crippen LogP contribution is 2.24. The van der Waals surface area contributed by atoms with Gasteiger partial charge in [-0.05, 0) is 30.7 Å². The molecule has 6 nitrogen and oxygen atoms in total. The van der Waals surface area contributed by atoms with E-state index in [0.717, 1.165) is 0 Å². The fourth-order valence-electron chi connectivity index (χ4n) is 2.68. The SMILES string of the molecule is O=C(COc1cccnc1)N1CCC(S(=O)(=O)c2ccccc2)C1. The van der Waals surface area contributed by atoms with Crippen molar-refractivity contribution in [2.24, 2.45) is 0 Å². The molecule has 2 heterocycles. The van der Waals surface area contributed by atoms with Crippen molar-refractivity contribution in [3.05, 3.63) is 54.9 Å². The zero-order valence-corrected chi connectivity index (χ0v) is 13.9.